The zero-order chi connectivity index (χ0) is 25.1. The Morgan fingerprint density at radius 1 is 1.13 bits per heavy atom. The molecule has 0 saturated carbocycles. The first kappa shape index (κ1) is 24.8. The Morgan fingerprint density at radius 2 is 1.97 bits per heavy atom. The van der Waals surface area contributed by atoms with E-state index in [1.165, 1.54) is 0 Å². The molecule has 0 bridgehead atoms. The zero-order valence-corrected chi connectivity index (χ0v) is 22.3. The third-order valence-corrected chi connectivity index (χ3v) is 8.22. The van der Waals surface area contributed by atoms with E-state index >= 15 is 0 Å². The van der Waals surface area contributed by atoms with Gasteiger partial charge in [0.15, 0.2) is 22.8 Å². The standard InChI is InChI=1S/C25H31N11O.ClH/c1-15-21(26)25(14-37-15)5-8-35(9-6-25)19-12-28-20-23(31-19)32-33-24(20)36-10-7-27-22-18(36)4-3-17(30-22)16-11-29-34(2)13-16;/h3-4,11-13,15,21H,5-10,14,26H2,1-2H3,(H,27,30)(H,31,32,33);1H/t15-,21+;/m0./s1. The number of fused-ring (bicyclic) bond motifs is 2. The predicted octanol–water partition coefficient (Wildman–Crippen LogP) is 2.47. The first-order chi connectivity index (χ1) is 18.0. The van der Waals surface area contributed by atoms with Crippen molar-refractivity contribution in [2.24, 2.45) is 18.2 Å². The van der Waals surface area contributed by atoms with E-state index in [0.717, 1.165) is 85.5 Å². The number of anilines is 4. The summed E-state index contributed by atoms with van der Waals surface area (Å²) in [6.45, 7) is 6.11. The summed E-state index contributed by atoms with van der Waals surface area (Å²) in [5.41, 5.74) is 10.8. The molecule has 4 aromatic rings. The molecule has 0 radical (unpaired) electrons. The second-order valence-corrected chi connectivity index (χ2v) is 10.4. The van der Waals surface area contributed by atoms with E-state index in [1.54, 1.807) is 4.68 Å². The Labute approximate surface area is 226 Å². The fraction of sp³-hybridized carbons (Fsp3) is 0.480. The first-order valence-corrected chi connectivity index (χ1v) is 12.9. The molecular formula is C25H32ClN11O. The number of aromatic amines is 1. The number of nitrogens with zero attached hydrogens (tertiary/aromatic N) is 8. The number of hydrogen-bond acceptors (Lipinski definition) is 10. The van der Waals surface area contributed by atoms with Crippen LogP contribution in [0.4, 0.5) is 23.1 Å². The second kappa shape index (κ2) is 9.37. The van der Waals surface area contributed by atoms with Gasteiger partial charge in [-0.3, -0.25) is 9.78 Å². The Kier molecular flexibility index (Phi) is 6.12. The summed E-state index contributed by atoms with van der Waals surface area (Å²) in [6, 6.07) is 4.18. The second-order valence-electron chi connectivity index (χ2n) is 10.4. The van der Waals surface area contributed by atoms with E-state index in [9.17, 15) is 0 Å². The van der Waals surface area contributed by atoms with Gasteiger partial charge in [-0.25, -0.2) is 15.0 Å². The molecular weight excluding hydrogens is 506 g/mol. The molecule has 12 nitrogen and oxygen atoms in total. The van der Waals surface area contributed by atoms with Crippen molar-refractivity contribution in [2.75, 3.05) is 47.9 Å². The highest BCUT2D eigenvalue weighted by Gasteiger charge is 2.47. The number of nitrogens with two attached hydrogens (primary N) is 1. The van der Waals surface area contributed by atoms with Crippen LogP contribution in [-0.4, -0.2) is 79.9 Å². The molecule has 7 rings (SSSR count). The van der Waals surface area contributed by atoms with Crippen LogP contribution in [0.3, 0.4) is 0 Å². The highest BCUT2D eigenvalue weighted by Crippen LogP contribution is 2.42. The van der Waals surface area contributed by atoms with Gasteiger partial charge in [-0.15, -0.1) is 12.4 Å². The fourth-order valence-corrected chi connectivity index (χ4v) is 5.92. The van der Waals surface area contributed by atoms with Gasteiger partial charge in [-0.2, -0.15) is 10.2 Å². The lowest BCUT2D eigenvalue weighted by Gasteiger charge is -2.41. The van der Waals surface area contributed by atoms with E-state index in [2.05, 4.69) is 43.4 Å². The molecule has 0 aliphatic carbocycles. The fourth-order valence-electron chi connectivity index (χ4n) is 5.92. The Morgan fingerprint density at radius 3 is 2.71 bits per heavy atom. The van der Waals surface area contributed by atoms with Crippen LogP contribution in [0.2, 0.25) is 0 Å². The van der Waals surface area contributed by atoms with Crippen molar-refractivity contribution in [3.63, 3.8) is 0 Å². The summed E-state index contributed by atoms with van der Waals surface area (Å²) < 4.78 is 7.65. The third kappa shape index (κ3) is 3.94. The van der Waals surface area contributed by atoms with Crippen LogP contribution in [0, 0.1) is 5.41 Å². The maximum atomic E-state index is 6.49. The van der Waals surface area contributed by atoms with E-state index in [-0.39, 0.29) is 30.0 Å². The minimum atomic E-state index is 0. The monoisotopic (exact) mass is 537 g/mol. The molecule has 4 aromatic heterocycles. The summed E-state index contributed by atoms with van der Waals surface area (Å²) in [7, 11) is 1.90. The van der Waals surface area contributed by atoms with Crippen LogP contribution in [0.25, 0.3) is 22.4 Å². The molecule has 7 heterocycles. The van der Waals surface area contributed by atoms with Crippen molar-refractivity contribution >= 4 is 46.7 Å². The van der Waals surface area contributed by atoms with Crippen molar-refractivity contribution < 1.29 is 4.74 Å². The Balaban J connectivity index is 0.00000264. The number of ether oxygens (including phenoxy) is 1. The number of aryl methyl sites for hydroxylation is 1. The topological polar surface area (TPSA) is 139 Å². The van der Waals surface area contributed by atoms with Crippen molar-refractivity contribution in [1.82, 2.24) is 34.9 Å². The average molecular weight is 538 g/mol. The molecule has 0 unspecified atom stereocenters. The van der Waals surface area contributed by atoms with E-state index in [1.807, 2.05) is 31.7 Å². The number of rotatable bonds is 3. The van der Waals surface area contributed by atoms with Gasteiger partial charge in [0.05, 0.1) is 36.5 Å². The van der Waals surface area contributed by atoms with Gasteiger partial charge < -0.3 is 25.6 Å². The summed E-state index contributed by atoms with van der Waals surface area (Å²) in [6.07, 6.45) is 7.76. The lowest BCUT2D eigenvalue weighted by molar-refractivity contribution is 0.0974. The molecule has 2 saturated heterocycles. The van der Waals surface area contributed by atoms with Crippen molar-refractivity contribution in [3.8, 4) is 11.3 Å². The largest absolute Gasteiger partial charge is 0.376 e. The van der Waals surface area contributed by atoms with Gasteiger partial charge in [0, 0.05) is 56.4 Å². The van der Waals surface area contributed by atoms with Crippen LogP contribution in [0.5, 0.6) is 0 Å². The number of piperidine rings is 1. The Hall–Kier alpha value is -3.48. The number of H-pyrrole nitrogens is 1. The summed E-state index contributed by atoms with van der Waals surface area (Å²) >= 11 is 0. The molecule has 0 aromatic carbocycles. The van der Waals surface area contributed by atoms with Crippen LogP contribution in [0.15, 0.2) is 30.7 Å². The van der Waals surface area contributed by atoms with Crippen molar-refractivity contribution in [2.45, 2.75) is 31.9 Å². The maximum Gasteiger partial charge on any atom is 0.183 e. The van der Waals surface area contributed by atoms with E-state index in [0.29, 0.717) is 5.65 Å². The van der Waals surface area contributed by atoms with Gasteiger partial charge in [0.2, 0.25) is 0 Å². The van der Waals surface area contributed by atoms with Crippen LogP contribution in [0.1, 0.15) is 19.8 Å². The molecule has 13 heteroatoms. The van der Waals surface area contributed by atoms with Crippen LogP contribution in [-0.2, 0) is 11.8 Å². The number of halogens is 1. The lowest BCUT2D eigenvalue weighted by atomic mass is 9.73. The van der Waals surface area contributed by atoms with Crippen molar-refractivity contribution in [1.29, 1.82) is 0 Å². The zero-order valence-electron chi connectivity index (χ0n) is 21.5. The molecule has 200 valence electrons. The maximum absolute atomic E-state index is 6.49. The molecule has 3 aliphatic rings. The summed E-state index contributed by atoms with van der Waals surface area (Å²) in [5.74, 6) is 2.44. The van der Waals surface area contributed by atoms with Crippen LogP contribution >= 0.6 is 12.4 Å². The van der Waals surface area contributed by atoms with E-state index in [4.69, 9.17) is 25.4 Å². The Bertz CT molecular complexity index is 1460. The molecule has 38 heavy (non-hydrogen) atoms. The number of aromatic nitrogens is 7. The van der Waals surface area contributed by atoms with Gasteiger partial charge >= 0.3 is 0 Å². The van der Waals surface area contributed by atoms with E-state index < -0.39 is 0 Å². The highest BCUT2D eigenvalue weighted by molar-refractivity contribution is 5.90. The molecule has 1 spiro atoms. The SMILES string of the molecule is C[C@@H]1OCC2(CCN(c3cnc4c(N5CCNc6nc(-c7cnn(C)c7)ccc65)n[nH]c4n3)CC2)[C@@H]1N.Cl. The molecule has 4 N–H and O–H groups in total. The van der Waals surface area contributed by atoms with Gasteiger partial charge in [0.1, 0.15) is 5.82 Å². The number of pyridine rings is 1. The minimum Gasteiger partial charge on any atom is -0.376 e. The summed E-state index contributed by atoms with van der Waals surface area (Å²) in [5, 5.41) is 15.4. The normalized spacial score (nSPS) is 22.4. The highest BCUT2D eigenvalue weighted by atomic mass is 35.5. The van der Waals surface area contributed by atoms with Crippen LogP contribution < -0.4 is 20.9 Å². The quantitative estimate of drug-likeness (QED) is 0.357. The average Bonchev–Trinajstić information content (AvgIpc) is 3.63. The molecule has 2 atom stereocenters. The molecule has 0 amide bonds. The molecule has 2 fully saturated rings. The van der Waals surface area contributed by atoms with Gasteiger partial charge in [0.25, 0.3) is 0 Å². The summed E-state index contributed by atoms with van der Waals surface area (Å²) in [4.78, 5) is 19.0. The van der Waals surface area contributed by atoms with Crippen molar-refractivity contribution in [3.05, 3.63) is 30.7 Å². The van der Waals surface area contributed by atoms with Gasteiger partial charge in [-0.1, -0.05) is 0 Å². The lowest BCUT2D eigenvalue weighted by Crippen LogP contribution is -2.50. The predicted molar refractivity (Wildman–Crippen MR) is 148 cm³/mol. The third-order valence-electron chi connectivity index (χ3n) is 8.22. The minimum absolute atomic E-state index is 0. The number of nitrogens with one attached hydrogen (secondary N) is 2. The first-order valence-electron chi connectivity index (χ1n) is 12.9. The number of hydrogen-bond donors (Lipinski definition) is 3. The smallest absolute Gasteiger partial charge is 0.183 e. The molecule has 3 aliphatic heterocycles. The van der Waals surface area contributed by atoms with Gasteiger partial charge in [-0.05, 0) is 31.9 Å².